The van der Waals surface area contributed by atoms with Crippen LogP contribution in [0.5, 0.6) is 0 Å². The molecule has 9 heteroatoms. The van der Waals surface area contributed by atoms with E-state index >= 15 is 0 Å². The first-order valence-corrected chi connectivity index (χ1v) is 12.3. The van der Waals surface area contributed by atoms with Crippen LogP contribution in [0, 0.1) is 5.92 Å². The molecule has 1 aliphatic carbocycles. The Morgan fingerprint density at radius 1 is 1.21 bits per heavy atom. The van der Waals surface area contributed by atoms with E-state index in [-0.39, 0.29) is 24.1 Å². The van der Waals surface area contributed by atoms with Gasteiger partial charge in [0.15, 0.2) is 0 Å². The number of benzene rings is 1. The van der Waals surface area contributed by atoms with Crippen molar-refractivity contribution in [3.63, 3.8) is 0 Å². The SMILES string of the molecule is CN(C(=O)CSc1n[nH]c(CCC2CCCC2)n1)c1ccccc1C(=O)NCc1ccco1. The minimum atomic E-state index is -0.268. The molecule has 0 bridgehead atoms. The molecule has 3 aromatic rings. The highest BCUT2D eigenvalue weighted by Gasteiger charge is 2.20. The van der Waals surface area contributed by atoms with Gasteiger partial charge in [-0.2, -0.15) is 0 Å². The Morgan fingerprint density at radius 3 is 2.82 bits per heavy atom. The Hall–Kier alpha value is -3.07. The highest BCUT2D eigenvalue weighted by molar-refractivity contribution is 7.99. The predicted molar refractivity (Wildman–Crippen MR) is 127 cm³/mol. The molecule has 33 heavy (non-hydrogen) atoms. The highest BCUT2D eigenvalue weighted by Crippen LogP contribution is 2.28. The van der Waals surface area contributed by atoms with E-state index in [0.29, 0.717) is 22.2 Å². The molecule has 4 rings (SSSR count). The summed E-state index contributed by atoms with van der Waals surface area (Å²) in [5.41, 5.74) is 0.976. The summed E-state index contributed by atoms with van der Waals surface area (Å²) in [5, 5.41) is 10.6. The highest BCUT2D eigenvalue weighted by atomic mass is 32.2. The number of aryl methyl sites for hydroxylation is 1. The number of aromatic nitrogens is 3. The van der Waals surface area contributed by atoms with Gasteiger partial charge in [-0.15, -0.1) is 5.10 Å². The van der Waals surface area contributed by atoms with Gasteiger partial charge in [0.25, 0.3) is 5.91 Å². The number of rotatable bonds is 10. The number of aromatic amines is 1. The first-order valence-electron chi connectivity index (χ1n) is 11.3. The normalized spacial score (nSPS) is 13.8. The summed E-state index contributed by atoms with van der Waals surface area (Å²) in [6.07, 6.45) is 8.91. The smallest absolute Gasteiger partial charge is 0.253 e. The van der Waals surface area contributed by atoms with Gasteiger partial charge in [-0.1, -0.05) is 49.6 Å². The van der Waals surface area contributed by atoms with Crippen LogP contribution < -0.4 is 10.2 Å². The molecule has 0 atom stereocenters. The number of nitrogens with one attached hydrogen (secondary N) is 2. The fourth-order valence-corrected chi connectivity index (χ4v) is 4.82. The minimum Gasteiger partial charge on any atom is -0.467 e. The maximum Gasteiger partial charge on any atom is 0.253 e. The van der Waals surface area contributed by atoms with Crippen molar-refractivity contribution in [2.45, 2.75) is 50.2 Å². The van der Waals surface area contributed by atoms with E-state index in [1.54, 1.807) is 43.6 Å². The summed E-state index contributed by atoms with van der Waals surface area (Å²) in [6.45, 7) is 0.279. The van der Waals surface area contributed by atoms with E-state index in [1.807, 2.05) is 6.07 Å². The van der Waals surface area contributed by atoms with Crippen molar-refractivity contribution in [2.75, 3.05) is 17.7 Å². The average Bonchev–Trinajstić information content (AvgIpc) is 3.62. The zero-order chi connectivity index (χ0) is 23.0. The molecule has 8 nitrogen and oxygen atoms in total. The molecule has 1 aliphatic rings. The number of carbonyl (C=O) groups excluding carboxylic acids is 2. The molecule has 2 aromatic heterocycles. The lowest BCUT2D eigenvalue weighted by atomic mass is 10.0. The Morgan fingerprint density at radius 2 is 2.03 bits per heavy atom. The van der Waals surface area contributed by atoms with Crippen molar-refractivity contribution in [1.82, 2.24) is 20.5 Å². The number of para-hydroxylation sites is 1. The maximum absolute atomic E-state index is 12.8. The molecule has 2 N–H and O–H groups in total. The van der Waals surface area contributed by atoms with Crippen LogP contribution in [0.15, 0.2) is 52.2 Å². The summed E-state index contributed by atoms with van der Waals surface area (Å²) in [5.74, 6) is 2.12. The van der Waals surface area contributed by atoms with Gasteiger partial charge in [-0.05, 0) is 36.6 Å². The summed E-state index contributed by atoms with van der Waals surface area (Å²) in [7, 11) is 1.67. The van der Waals surface area contributed by atoms with Crippen LogP contribution in [0.25, 0.3) is 0 Å². The summed E-state index contributed by atoms with van der Waals surface area (Å²) in [6, 6.07) is 10.6. The quantitative estimate of drug-likeness (QED) is 0.433. The second-order valence-corrected chi connectivity index (χ2v) is 9.22. The number of hydrogen-bond donors (Lipinski definition) is 2. The molecule has 1 aromatic carbocycles. The van der Waals surface area contributed by atoms with Gasteiger partial charge in [-0.25, -0.2) is 4.98 Å². The van der Waals surface area contributed by atoms with Crippen LogP contribution in [0.3, 0.4) is 0 Å². The monoisotopic (exact) mass is 467 g/mol. The topological polar surface area (TPSA) is 104 Å². The standard InChI is InChI=1S/C24H29N5O3S/c1-29(20-11-5-4-10-19(20)23(31)25-15-18-9-6-14-32-18)22(30)16-33-24-26-21(27-28-24)13-12-17-7-2-3-8-17/h4-6,9-11,14,17H,2-3,7-8,12-13,15-16H2,1H3,(H,25,31)(H,26,27,28). The molecular formula is C24H29N5O3S. The van der Waals surface area contributed by atoms with E-state index in [2.05, 4.69) is 20.5 Å². The van der Waals surface area contributed by atoms with Crippen LogP contribution >= 0.6 is 11.8 Å². The third kappa shape index (κ3) is 6.25. The molecule has 0 radical (unpaired) electrons. The van der Waals surface area contributed by atoms with Crippen molar-refractivity contribution in [3.05, 3.63) is 59.8 Å². The molecule has 1 fully saturated rings. The van der Waals surface area contributed by atoms with Gasteiger partial charge in [0, 0.05) is 13.5 Å². The number of furan rings is 1. The second kappa shape index (κ2) is 11.2. The third-order valence-corrected chi connectivity index (χ3v) is 6.82. The third-order valence-electron chi connectivity index (χ3n) is 5.99. The molecular weight excluding hydrogens is 438 g/mol. The van der Waals surface area contributed by atoms with Crippen molar-refractivity contribution in [2.24, 2.45) is 5.92 Å². The molecule has 0 spiro atoms. The van der Waals surface area contributed by atoms with E-state index < -0.39 is 0 Å². The van der Waals surface area contributed by atoms with Crippen LogP contribution in [0.1, 0.15) is 54.0 Å². The number of thioether (sulfide) groups is 1. The Labute approximate surface area is 197 Å². The number of anilines is 1. The van der Waals surface area contributed by atoms with Crippen molar-refractivity contribution < 1.29 is 14.0 Å². The summed E-state index contributed by atoms with van der Waals surface area (Å²) < 4.78 is 5.26. The van der Waals surface area contributed by atoms with Crippen molar-refractivity contribution in [3.8, 4) is 0 Å². The Bertz CT molecular complexity index is 1060. The van der Waals surface area contributed by atoms with Gasteiger partial charge in [0.1, 0.15) is 11.6 Å². The fourth-order valence-electron chi connectivity index (χ4n) is 4.09. The molecule has 0 aliphatic heterocycles. The summed E-state index contributed by atoms with van der Waals surface area (Å²) in [4.78, 5) is 31.6. The first-order chi connectivity index (χ1) is 16.1. The van der Waals surface area contributed by atoms with Crippen LogP contribution in [0.2, 0.25) is 0 Å². The predicted octanol–water partition coefficient (Wildman–Crippen LogP) is 4.21. The lowest BCUT2D eigenvalue weighted by Gasteiger charge is -2.20. The largest absolute Gasteiger partial charge is 0.467 e. The van der Waals surface area contributed by atoms with E-state index in [9.17, 15) is 9.59 Å². The number of amides is 2. The minimum absolute atomic E-state index is 0.136. The Balaban J connectivity index is 1.30. The fraction of sp³-hybridized carbons (Fsp3) is 0.417. The number of H-pyrrole nitrogens is 1. The van der Waals surface area contributed by atoms with Crippen LogP contribution in [0.4, 0.5) is 5.69 Å². The van der Waals surface area contributed by atoms with Gasteiger partial charge >= 0.3 is 0 Å². The zero-order valence-corrected chi connectivity index (χ0v) is 19.6. The van der Waals surface area contributed by atoms with E-state index in [1.165, 1.54) is 42.3 Å². The molecule has 174 valence electrons. The molecule has 1 saturated carbocycles. The van der Waals surface area contributed by atoms with Gasteiger partial charge in [-0.3, -0.25) is 14.7 Å². The van der Waals surface area contributed by atoms with Gasteiger partial charge < -0.3 is 14.6 Å². The van der Waals surface area contributed by atoms with Crippen LogP contribution in [-0.2, 0) is 17.8 Å². The number of carbonyl (C=O) groups is 2. The molecule has 2 heterocycles. The van der Waals surface area contributed by atoms with Gasteiger partial charge in [0.2, 0.25) is 11.1 Å². The molecule has 0 unspecified atom stereocenters. The maximum atomic E-state index is 12.8. The summed E-state index contributed by atoms with van der Waals surface area (Å²) >= 11 is 1.30. The van der Waals surface area contributed by atoms with E-state index in [0.717, 1.165) is 24.6 Å². The zero-order valence-electron chi connectivity index (χ0n) is 18.8. The van der Waals surface area contributed by atoms with Crippen molar-refractivity contribution in [1.29, 1.82) is 0 Å². The second-order valence-electron chi connectivity index (χ2n) is 8.27. The Kier molecular flexibility index (Phi) is 7.83. The molecule has 2 amide bonds. The molecule has 0 saturated heterocycles. The average molecular weight is 468 g/mol. The first kappa shape index (κ1) is 23.1. The number of hydrogen-bond acceptors (Lipinski definition) is 6. The van der Waals surface area contributed by atoms with E-state index in [4.69, 9.17) is 4.42 Å². The number of nitrogens with zero attached hydrogens (tertiary/aromatic N) is 3. The van der Waals surface area contributed by atoms with Crippen LogP contribution in [-0.4, -0.2) is 39.8 Å². The lowest BCUT2D eigenvalue weighted by molar-refractivity contribution is -0.115. The van der Waals surface area contributed by atoms with Gasteiger partial charge in [0.05, 0.1) is 29.8 Å². The lowest BCUT2D eigenvalue weighted by Crippen LogP contribution is -2.31. The van der Waals surface area contributed by atoms with Crippen molar-refractivity contribution >= 4 is 29.3 Å².